The third-order valence-electron chi connectivity index (χ3n) is 4.37. The van der Waals surface area contributed by atoms with Gasteiger partial charge in [0.15, 0.2) is 5.11 Å². The number of nitrogens with one attached hydrogen (secondary N) is 2. The molecule has 0 bridgehead atoms. The highest BCUT2D eigenvalue weighted by molar-refractivity contribution is 7.80. The van der Waals surface area contributed by atoms with E-state index in [0.717, 1.165) is 25.9 Å². The summed E-state index contributed by atoms with van der Waals surface area (Å²) in [5, 5.41) is 17.5. The van der Waals surface area contributed by atoms with E-state index in [0.29, 0.717) is 11.4 Å². The average Bonchev–Trinajstić information content (AvgIpc) is 3.20. The fourth-order valence-electron chi connectivity index (χ4n) is 2.98. The Bertz CT molecular complexity index is 997. The first-order valence-electron chi connectivity index (χ1n) is 8.56. The summed E-state index contributed by atoms with van der Waals surface area (Å²) in [4.78, 5) is 25.4. The summed E-state index contributed by atoms with van der Waals surface area (Å²) in [5.41, 5.74) is 0.865. The molecule has 2 N–H and O–H groups in total. The van der Waals surface area contributed by atoms with Gasteiger partial charge in [-0.3, -0.25) is 20.2 Å². The van der Waals surface area contributed by atoms with Crippen molar-refractivity contribution in [2.24, 2.45) is 0 Å². The quantitative estimate of drug-likeness (QED) is 0.272. The number of amides is 1. The Morgan fingerprint density at radius 3 is 2.38 bits per heavy atom. The van der Waals surface area contributed by atoms with Gasteiger partial charge in [0.1, 0.15) is 5.69 Å². The van der Waals surface area contributed by atoms with Crippen LogP contribution in [0.25, 0.3) is 0 Å². The Morgan fingerprint density at radius 2 is 1.72 bits per heavy atom. The lowest BCUT2D eigenvalue weighted by Gasteiger charge is -2.18. The highest BCUT2D eigenvalue weighted by atomic mass is 35.5. The molecule has 0 aliphatic carbocycles. The van der Waals surface area contributed by atoms with Crippen LogP contribution in [-0.2, 0) is 0 Å². The van der Waals surface area contributed by atoms with E-state index in [4.69, 9.17) is 47.0 Å². The number of halogens is 3. The van der Waals surface area contributed by atoms with E-state index in [1.165, 1.54) is 24.3 Å². The third-order valence-corrected chi connectivity index (χ3v) is 5.61. The molecule has 1 heterocycles. The maximum atomic E-state index is 12.5. The predicted molar refractivity (Wildman–Crippen MR) is 120 cm³/mol. The van der Waals surface area contributed by atoms with Crippen LogP contribution in [0.1, 0.15) is 23.2 Å². The van der Waals surface area contributed by atoms with Gasteiger partial charge in [-0.1, -0.05) is 34.8 Å². The molecule has 11 heteroatoms. The van der Waals surface area contributed by atoms with Gasteiger partial charge in [0.05, 0.1) is 25.7 Å². The fraction of sp³-hybridized carbons (Fsp3) is 0.222. The molecule has 0 spiro atoms. The number of nitrogens with zero attached hydrogens (tertiary/aromatic N) is 2. The van der Waals surface area contributed by atoms with Crippen molar-refractivity contribution in [3.63, 3.8) is 0 Å². The van der Waals surface area contributed by atoms with Gasteiger partial charge in [-0.25, -0.2) is 0 Å². The lowest BCUT2D eigenvalue weighted by molar-refractivity contribution is -0.384. The first-order valence-corrected chi connectivity index (χ1v) is 10.1. The van der Waals surface area contributed by atoms with Gasteiger partial charge in [0.2, 0.25) is 0 Å². The van der Waals surface area contributed by atoms with E-state index in [2.05, 4.69) is 10.6 Å². The minimum Gasteiger partial charge on any atom is -0.366 e. The number of nitro groups is 1. The highest BCUT2D eigenvalue weighted by Crippen LogP contribution is 2.33. The van der Waals surface area contributed by atoms with Crippen molar-refractivity contribution in [1.82, 2.24) is 5.32 Å². The van der Waals surface area contributed by atoms with Gasteiger partial charge in [-0.05, 0) is 49.3 Å². The van der Waals surface area contributed by atoms with E-state index in [9.17, 15) is 14.9 Å². The Kier molecular flexibility index (Phi) is 6.79. The summed E-state index contributed by atoms with van der Waals surface area (Å²) in [6.07, 6.45) is 1.97. The molecule has 1 fully saturated rings. The number of hydrogen-bond acceptors (Lipinski definition) is 5. The maximum Gasteiger partial charge on any atom is 0.293 e. The molecule has 7 nitrogen and oxygen atoms in total. The van der Waals surface area contributed by atoms with Crippen LogP contribution < -0.4 is 15.5 Å². The molecule has 1 aliphatic heterocycles. The van der Waals surface area contributed by atoms with Crippen molar-refractivity contribution < 1.29 is 9.72 Å². The van der Waals surface area contributed by atoms with Crippen molar-refractivity contribution in [1.29, 1.82) is 0 Å². The molecule has 1 aliphatic rings. The number of benzene rings is 2. The molecule has 0 radical (unpaired) electrons. The Balaban J connectivity index is 1.75. The number of hydrogen-bond donors (Lipinski definition) is 2. The summed E-state index contributed by atoms with van der Waals surface area (Å²) in [6.45, 7) is 1.51. The molecule has 152 valence electrons. The Hall–Kier alpha value is -2.13. The van der Waals surface area contributed by atoms with E-state index in [1.54, 1.807) is 6.07 Å². The monoisotopic (exact) mass is 472 g/mol. The second kappa shape index (κ2) is 9.13. The number of thiocarbonyl (C=S) groups is 1. The molecule has 0 aromatic heterocycles. The van der Waals surface area contributed by atoms with Crippen LogP contribution in [0.4, 0.5) is 17.1 Å². The van der Waals surface area contributed by atoms with Gasteiger partial charge in [0.25, 0.3) is 11.6 Å². The third kappa shape index (κ3) is 5.08. The summed E-state index contributed by atoms with van der Waals surface area (Å²) < 4.78 is 0. The second-order valence-electron chi connectivity index (χ2n) is 6.31. The molecule has 2 aromatic rings. The molecule has 0 saturated carbocycles. The first kappa shape index (κ1) is 21.6. The zero-order valence-corrected chi connectivity index (χ0v) is 18.0. The normalized spacial score (nSPS) is 13.3. The van der Waals surface area contributed by atoms with Crippen LogP contribution in [0.2, 0.25) is 15.1 Å². The van der Waals surface area contributed by atoms with Gasteiger partial charge in [-0.2, -0.15) is 0 Å². The molecule has 1 saturated heterocycles. The summed E-state index contributed by atoms with van der Waals surface area (Å²) in [6, 6.07) is 7.28. The van der Waals surface area contributed by atoms with Gasteiger partial charge < -0.3 is 10.2 Å². The Labute approximate surface area is 187 Å². The van der Waals surface area contributed by atoms with Gasteiger partial charge >= 0.3 is 0 Å². The lowest BCUT2D eigenvalue weighted by atomic mass is 10.1. The van der Waals surface area contributed by atoms with Crippen LogP contribution in [0.15, 0.2) is 30.3 Å². The standard InChI is InChI=1S/C18H15Cl3N4O3S/c19-11-8-13(21)14(9-12(11)20)22-18(29)23-17(26)10-3-4-15(16(7-10)25(27)28)24-5-1-2-6-24/h3-4,7-9H,1-2,5-6H2,(H2,22,23,26,29). The van der Waals surface area contributed by atoms with Crippen LogP contribution in [0.3, 0.4) is 0 Å². The number of rotatable bonds is 4. The largest absolute Gasteiger partial charge is 0.366 e. The van der Waals surface area contributed by atoms with Crippen molar-refractivity contribution in [2.75, 3.05) is 23.3 Å². The second-order valence-corrected chi connectivity index (χ2v) is 7.94. The molecule has 1 amide bonds. The molecule has 0 atom stereocenters. The van der Waals surface area contributed by atoms with Crippen molar-refractivity contribution in [2.45, 2.75) is 12.8 Å². The number of anilines is 2. The van der Waals surface area contributed by atoms with Gasteiger partial charge in [0, 0.05) is 24.7 Å². The number of carbonyl (C=O) groups is 1. The summed E-state index contributed by atoms with van der Waals surface area (Å²) >= 11 is 23.0. The maximum absolute atomic E-state index is 12.5. The van der Waals surface area contributed by atoms with Gasteiger partial charge in [-0.15, -0.1) is 0 Å². The van der Waals surface area contributed by atoms with Crippen LogP contribution in [0.5, 0.6) is 0 Å². The fourth-order valence-corrected chi connectivity index (χ4v) is 3.78. The number of carbonyl (C=O) groups excluding carboxylic acids is 1. The Morgan fingerprint density at radius 1 is 1.07 bits per heavy atom. The zero-order valence-electron chi connectivity index (χ0n) is 14.9. The topological polar surface area (TPSA) is 87.5 Å². The summed E-state index contributed by atoms with van der Waals surface area (Å²) in [5.74, 6) is -0.588. The van der Waals surface area contributed by atoms with E-state index in [-0.39, 0.29) is 31.4 Å². The van der Waals surface area contributed by atoms with E-state index >= 15 is 0 Å². The van der Waals surface area contributed by atoms with E-state index < -0.39 is 10.8 Å². The minimum atomic E-state index is -0.588. The van der Waals surface area contributed by atoms with Crippen LogP contribution >= 0.6 is 47.0 Å². The minimum absolute atomic E-state index is 0.0402. The average molecular weight is 474 g/mol. The predicted octanol–water partition coefficient (Wildman–Crippen LogP) is 5.28. The molecule has 0 unspecified atom stereocenters. The van der Waals surface area contributed by atoms with Crippen molar-refractivity contribution in [3.05, 3.63) is 61.1 Å². The summed E-state index contributed by atoms with van der Waals surface area (Å²) in [7, 11) is 0. The van der Waals surface area contributed by atoms with Crippen LogP contribution in [0, 0.1) is 10.1 Å². The highest BCUT2D eigenvalue weighted by Gasteiger charge is 2.24. The molecular formula is C18H15Cl3N4O3S. The zero-order chi connectivity index (χ0) is 21.1. The first-order chi connectivity index (χ1) is 13.8. The molecular weight excluding hydrogens is 459 g/mol. The number of nitro benzene ring substituents is 1. The SMILES string of the molecule is O=C(NC(=S)Nc1cc(Cl)c(Cl)cc1Cl)c1ccc(N2CCCC2)c([N+](=O)[O-])c1. The molecule has 29 heavy (non-hydrogen) atoms. The van der Waals surface area contributed by atoms with E-state index in [1.807, 2.05) is 4.90 Å². The lowest BCUT2D eigenvalue weighted by Crippen LogP contribution is -2.34. The van der Waals surface area contributed by atoms with Crippen molar-refractivity contribution >= 4 is 75.1 Å². The smallest absolute Gasteiger partial charge is 0.293 e. The molecule has 3 rings (SSSR count). The van der Waals surface area contributed by atoms with Crippen LogP contribution in [-0.4, -0.2) is 29.0 Å². The van der Waals surface area contributed by atoms with Crippen molar-refractivity contribution in [3.8, 4) is 0 Å². The molecule has 2 aromatic carbocycles.